The molecular weight excluding hydrogens is 338 g/mol. The first kappa shape index (κ1) is 19.1. The summed E-state index contributed by atoms with van der Waals surface area (Å²) in [4.78, 5) is 27.4. The molecule has 2 aromatic carbocycles. The van der Waals surface area contributed by atoms with Gasteiger partial charge in [-0.2, -0.15) is 0 Å². The number of nitrogens with one attached hydrogen (secondary N) is 2. The Kier molecular flexibility index (Phi) is 6.60. The molecule has 2 amide bonds. The van der Waals surface area contributed by atoms with Gasteiger partial charge < -0.3 is 15.5 Å². The van der Waals surface area contributed by atoms with E-state index in [0.29, 0.717) is 22.7 Å². The first-order chi connectivity index (χ1) is 13.2. The molecule has 0 aromatic heterocycles. The van der Waals surface area contributed by atoms with Crippen LogP contribution in [0, 0.1) is 5.92 Å². The number of carbonyl (C=O) groups is 2. The lowest BCUT2D eigenvalue weighted by Crippen LogP contribution is -2.39. The SMILES string of the molecule is CNCCC1CCN(C(=O)c2ccccc2NC(=O)c2ccccc2)CC1. The van der Waals surface area contributed by atoms with Gasteiger partial charge >= 0.3 is 0 Å². The summed E-state index contributed by atoms with van der Waals surface area (Å²) in [6, 6.07) is 16.3. The molecule has 0 radical (unpaired) electrons. The number of hydrogen-bond acceptors (Lipinski definition) is 3. The van der Waals surface area contributed by atoms with Crippen molar-refractivity contribution in [3.63, 3.8) is 0 Å². The first-order valence-corrected chi connectivity index (χ1v) is 9.58. The lowest BCUT2D eigenvalue weighted by atomic mass is 9.93. The average Bonchev–Trinajstić information content (AvgIpc) is 2.73. The number of benzene rings is 2. The summed E-state index contributed by atoms with van der Waals surface area (Å²) < 4.78 is 0. The van der Waals surface area contributed by atoms with Gasteiger partial charge in [-0.15, -0.1) is 0 Å². The minimum atomic E-state index is -0.207. The van der Waals surface area contributed by atoms with Crippen molar-refractivity contribution in [1.29, 1.82) is 0 Å². The topological polar surface area (TPSA) is 61.4 Å². The maximum Gasteiger partial charge on any atom is 0.255 e. The Morgan fingerprint density at radius 1 is 1.00 bits per heavy atom. The van der Waals surface area contributed by atoms with E-state index in [0.717, 1.165) is 38.9 Å². The lowest BCUT2D eigenvalue weighted by molar-refractivity contribution is 0.0688. The number of nitrogens with zero attached hydrogens (tertiary/aromatic N) is 1. The van der Waals surface area contributed by atoms with Gasteiger partial charge in [0.05, 0.1) is 11.3 Å². The summed E-state index contributed by atoms with van der Waals surface area (Å²) in [6.07, 6.45) is 3.22. The predicted octanol–water partition coefficient (Wildman–Crippen LogP) is 3.40. The van der Waals surface area contributed by atoms with Gasteiger partial charge in [0.15, 0.2) is 0 Å². The molecule has 0 atom stereocenters. The summed E-state index contributed by atoms with van der Waals surface area (Å²) in [7, 11) is 1.97. The highest BCUT2D eigenvalue weighted by Gasteiger charge is 2.25. The summed E-state index contributed by atoms with van der Waals surface area (Å²) >= 11 is 0. The third-order valence-corrected chi connectivity index (χ3v) is 5.15. The van der Waals surface area contributed by atoms with Gasteiger partial charge in [-0.25, -0.2) is 0 Å². The van der Waals surface area contributed by atoms with Crippen LogP contribution in [-0.2, 0) is 0 Å². The summed E-state index contributed by atoms with van der Waals surface area (Å²) in [5.41, 5.74) is 1.69. The second-order valence-electron chi connectivity index (χ2n) is 6.99. The van der Waals surface area contributed by atoms with Gasteiger partial charge in [0.2, 0.25) is 0 Å². The smallest absolute Gasteiger partial charge is 0.255 e. The molecule has 2 aromatic rings. The van der Waals surface area contributed by atoms with Crippen LogP contribution in [0.15, 0.2) is 54.6 Å². The Morgan fingerprint density at radius 3 is 2.37 bits per heavy atom. The fraction of sp³-hybridized carbons (Fsp3) is 0.364. The number of hydrogen-bond donors (Lipinski definition) is 2. The zero-order valence-corrected chi connectivity index (χ0v) is 15.8. The van der Waals surface area contributed by atoms with E-state index in [1.54, 1.807) is 24.3 Å². The van der Waals surface area contributed by atoms with Crippen molar-refractivity contribution in [3.05, 3.63) is 65.7 Å². The van der Waals surface area contributed by atoms with Crippen molar-refractivity contribution < 1.29 is 9.59 Å². The van der Waals surface area contributed by atoms with Crippen molar-refractivity contribution in [2.45, 2.75) is 19.3 Å². The van der Waals surface area contributed by atoms with Gasteiger partial charge in [0.25, 0.3) is 11.8 Å². The number of likely N-dealkylation sites (tertiary alicyclic amines) is 1. The molecule has 0 saturated carbocycles. The molecule has 0 aliphatic carbocycles. The Bertz CT molecular complexity index is 768. The molecule has 0 spiro atoms. The molecule has 0 unspecified atom stereocenters. The van der Waals surface area contributed by atoms with E-state index in [9.17, 15) is 9.59 Å². The van der Waals surface area contributed by atoms with Crippen molar-refractivity contribution in [3.8, 4) is 0 Å². The average molecular weight is 365 g/mol. The van der Waals surface area contributed by atoms with E-state index in [1.807, 2.05) is 42.3 Å². The molecule has 5 nitrogen and oxygen atoms in total. The van der Waals surface area contributed by atoms with E-state index in [1.165, 1.54) is 0 Å². The Morgan fingerprint density at radius 2 is 1.67 bits per heavy atom. The Hall–Kier alpha value is -2.66. The predicted molar refractivity (Wildman–Crippen MR) is 108 cm³/mol. The number of para-hydroxylation sites is 1. The van der Waals surface area contributed by atoms with Crippen LogP contribution in [0.3, 0.4) is 0 Å². The number of anilines is 1. The van der Waals surface area contributed by atoms with Crippen LogP contribution >= 0.6 is 0 Å². The standard InChI is InChI=1S/C22H27N3O2/c1-23-14-11-17-12-15-25(16-13-17)22(27)19-9-5-6-10-20(19)24-21(26)18-7-3-2-4-8-18/h2-10,17,23H,11-16H2,1H3,(H,24,26). The number of piperidine rings is 1. The number of amides is 2. The zero-order valence-electron chi connectivity index (χ0n) is 15.8. The minimum Gasteiger partial charge on any atom is -0.339 e. The largest absolute Gasteiger partial charge is 0.339 e. The van der Waals surface area contributed by atoms with Gasteiger partial charge in [0, 0.05) is 18.7 Å². The molecule has 142 valence electrons. The van der Waals surface area contributed by atoms with E-state index in [4.69, 9.17) is 0 Å². The summed E-state index contributed by atoms with van der Waals surface area (Å²) in [5.74, 6) is 0.460. The maximum absolute atomic E-state index is 13.0. The summed E-state index contributed by atoms with van der Waals surface area (Å²) in [5, 5.41) is 6.08. The molecule has 5 heteroatoms. The molecule has 0 bridgehead atoms. The van der Waals surface area contributed by atoms with Gasteiger partial charge in [-0.05, 0) is 63.0 Å². The third-order valence-electron chi connectivity index (χ3n) is 5.15. The van der Waals surface area contributed by atoms with Crippen molar-refractivity contribution in [2.75, 3.05) is 32.0 Å². The quantitative estimate of drug-likeness (QED) is 0.825. The van der Waals surface area contributed by atoms with Gasteiger partial charge in [-0.3, -0.25) is 9.59 Å². The Balaban J connectivity index is 1.67. The molecule has 1 saturated heterocycles. The fourth-order valence-electron chi connectivity index (χ4n) is 3.51. The molecule has 1 aliphatic heterocycles. The highest BCUT2D eigenvalue weighted by molar-refractivity contribution is 6.09. The third kappa shape index (κ3) is 4.95. The number of carbonyl (C=O) groups excluding carboxylic acids is 2. The molecule has 2 N–H and O–H groups in total. The van der Waals surface area contributed by atoms with Gasteiger partial charge in [-0.1, -0.05) is 30.3 Å². The monoisotopic (exact) mass is 365 g/mol. The lowest BCUT2D eigenvalue weighted by Gasteiger charge is -2.32. The van der Waals surface area contributed by atoms with Crippen LogP contribution in [-0.4, -0.2) is 43.4 Å². The number of rotatable bonds is 6. The van der Waals surface area contributed by atoms with Crippen LogP contribution < -0.4 is 10.6 Å². The van der Waals surface area contributed by atoms with Crippen molar-refractivity contribution >= 4 is 17.5 Å². The zero-order chi connectivity index (χ0) is 19.1. The van der Waals surface area contributed by atoms with E-state index >= 15 is 0 Å². The Labute approximate surface area is 160 Å². The summed E-state index contributed by atoms with van der Waals surface area (Å²) in [6.45, 7) is 2.56. The highest BCUT2D eigenvalue weighted by atomic mass is 16.2. The van der Waals surface area contributed by atoms with E-state index < -0.39 is 0 Å². The highest BCUT2D eigenvalue weighted by Crippen LogP contribution is 2.24. The normalized spacial score (nSPS) is 14.8. The van der Waals surface area contributed by atoms with Crippen LogP contribution in [0.25, 0.3) is 0 Å². The van der Waals surface area contributed by atoms with Crippen LogP contribution in [0.1, 0.15) is 40.0 Å². The van der Waals surface area contributed by atoms with Crippen LogP contribution in [0.4, 0.5) is 5.69 Å². The van der Waals surface area contributed by atoms with Crippen LogP contribution in [0.2, 0.25) is 0 Å². The van der Waals surface area contributed by atoms with E-state index in [-0.39, 0.29) is 11.8 Å². The molecule has 27 heavy (non-hydrogen) atoms. The fourth-order valence-corrected chi connectivity index (χ4v) is 3.51. The van der Waals surface area contributed by atoms with Crippen molar-refractivity contribution in [1.82, 2.24) is 10.2 Å². The van der Waals surface area contributed by atoms with Gasteiger partial charge in [0.1, 0.15) is 0 Å². The molecule has 3 rings (SSSR count). The molecule has 1 fully saturated rings. The van der Waals surface area contributed by atoms with Crippen molar-refractivity contribution in [2.24, 2.45) is 5.92 Å². The van der Waals surface area contributed by atoms with Crippen LogP contribution in [0.5, 0.6) is 0 Å². The maximum atomic E-state index is 13.0. The second kappa shape index (κ2) is 9.33. The molecule has 1 heterocycles. The first-order valence-electron chi connectivity index (χ1n) is 9.58. The molecule has 1 aliphatic rings. The molecular formula is C22H27N3O2. The second-order valence-corrected chi connectivity index (χ2v) is 6.99. The minimum absolute atomic E-state index is 0.00831. The van der Waals surface area contributed by atoms with E-state index in [2.05, 4.69) is 10.6 Å².